The van der Waals surface area contributed by atoms with Gasteiger partial charge in [-0.1, -0.05) is 17.7 Å². The Morgan fingerprint density at radius 1 is 1.26 bits per heavy atom. The molecular formula is C31H37FN4O2. The second-order valence-corrected chi connectivity index (χ2v) is 9.62. The van der Waals surface area contributed by atoms with Crippen LogP contribution in [-0.4, -0.2) is 55.7 Å². The predicted molar refractivity (Wildman–Crippen MR) is 154 cm³/mol. The summed E-state index contributed by atoms with van der Waals surface area (Å²) < 4.78 is 14.7. The van der Waals surface area contributed by atoms with Crippen molar-refractivity contribution in [2.75, 3.05) is 32.1 Å². The fourth-order valence-corrected chi connectivity index (χ4v) is 4.76. The van der Waals surface area contributed by atoms with E-state index in [1.165, 1.54) is 17.7 Å². The smallest absolute Gasteiger partial charge is 0.150 e. The monoisotopic (exact) mass is 516 g/mol. The van der Waals surface area contributed by atoms with E-state index in [9.17, 15) is 14.0 Å². The van der Waals surface area contributed by atoms with Crippen LogP contribution in [0.15, 0.2) is 60.1 Å². The zero-order valence-corrected chi connectivity index (χ0v) is 23.1. The number of aldehydes is 2. The molecule has 0 aliphatic carbocycles. The summed E-state index contributed by atoms with van der Waals surface area (Å²) in [4.78, 5) is 30.8. The zero-order valence-electron chi connectivity index (χ0n) is 23.1. The number of rotatable bonds is 10. The lowest BCUT2D eigenvalue weighted by atomic mass is 9.92. The number of carbonyl (C=O) groups is 2. The minimum atomic E-state index is -0.336. The predicted octanol–water partition coefficient (Wildman–Crippen LogP) is 5.48. The largest absolute Gasteiger partial charge is 0.388 e. The second-order valence-electron chi connectivity index (χ2n) is 9.62. The number of halogens is 1. The van der Waals surface area contributed by atoms with Crippen molar-refractivity contribution in [1.82, 2.24) is 15.2 Å². The number of hydrogen-bond acceptors (Lipinski definition) is 6. The molecule has 1 N–H and O–H groups in total. The minimum Gasteiger partial charge on any atom is -0.388 e. The first-order valence-electron chi connectivity index (χ1n) is 12.8. The number of aromatic nitrogens is 1. The normalized spacial score (nSPS) is 15.8. The van der Waals surface area contributed by atoms with E-state index in [0.717, 1.165) is 47.3 Å². The van der Waals surface area contributed by atoms with Crippen molar-refractivity contribution >= 4 is 29.9 Å². The highest BCUT2D eigenvalue weighted by Gasteiger charge is 2.22. The van der Waals surface area contributed by atoms with Crippen LogP contribution in [0.5, 0.6) is 0 Å². The zero-order chi connectivity index (χ0) is 27.8. The van der Waals surface area contributed by atoms with Gasteiger partial charge in [0.25, 0.3) is 0 Å². The van der Waals surface area contributed by atoms with Gasteiger partial charge in [-0.25, -0.2) is 4.39 Å². The minimum absolute atomic E-state index is 0.177. The molecule has 2 aromatic rings. The van der Waals surface area contributed by atoms with Crippen molar-refractivity contribution in [3.63, 3.8) is 0 Å². The molecule has 1 unspecified atom stereocenters. The van der Waals surface area contributed by atoms with Gasteiger partial charge in [0, 0.05) is 79.8 Å². The Balaban J connectivity index is 1.81. The molecule has 0 fully saturated rings. The molecule has 1 aliphatic heterocycles. The van der Waals surface area contributed by atoms with Crippen LogP contribution in [0.4, 0.5) is 10.1 Å². The van der Waals surface area contributed by atoms with Gasteiger partial charge in [-0.3, -0.25) is 19.5 Å². The molecule has 0 amide bonds. The quantitative estimate of drug-likeness (QED) is 0.256. The Bertz CT molecular complexity index is 1290. The summed E-state index contributed by atoms with van der Waals surface area (Å²) in [6.07, 6.45) is 13.5. The molecule has 7 heteroatoms. The molecule has 0 saturated heterocycles. The number of nitrogens with zero attached hydrogens (tertiary/aromatic N) is 3. The summed E-state index contributed by atoms with van der Waals surface area (Å²) in [5.41, 5.74) is 7.65. The van der Waals surface area contributed by atoms with Gasteiger partial charge in [0.2, 0.25) is 0 Å². The van der Waals surface area contributed by atoms with Crippen molar-refractivity contribution in [2.24, 2.45) is 0 Å². The lowest BCUT2D eigenvalue weighted by Crippen LogP contribution is -2.37. The van der Waals surface area contributed by atoms with Gasteiger partial charge in [0.05, 0.1) is 5.69 Å². The summed E-state index contributed by atoms with van der Waals surface area (Å²) >= 11 is 0. The first-order valence-corrected chi connectivity index (χ1v) is 12.8. The van der Waals surface area contributed by atoms with Gasteiger partial charge < -0.3 is 10.2 Å². The highest BCUT2D eigenvalue weighted by Crippen LogP contribution is 2.31. The number of pyridine rings is 1. The number of allylic oxidation sites excluding steroid dienone is 2. The summed E-state index contributed by atoms with van der Waals surface area (Å²) in [5, 5.41) is 2.99. The van der Waals surface area contributed by atoms with Crippen LogP contribution in [-0.2, 0) is 4.79 Å². The third kappa shape index (κ3) is 6.72. The van der Waals surface area contributed by atoms with Gasteiger partial charge in [-0.15, -0.1) is 0 Å². The van der Waals surface area contributed by atoms with Crippen molar-refractivity contribution in [1.29, 1.82) is 0 Å². The maximum Gasteiger partial charge on any atom is 0.150 e. The molecule has 0 spiro atoms. The Labute approximate surface area is 225 Å². The van der Waals surface area contributed by atoms with E-state index in [0.29, 0.717) is 29.7 Å². The Hall–Kier alpha value is -3.84. The van der Waals surface area contributed by atoms with E-state index in [4.69, 9.17) is 0 Å². The molecule has 0 radical (unpaired) electrons. The average molecular weight is 517 g/mol. The number of aryl methyl sites for hydroxylation is 2. The van der Waals surface area contributed by atoms with E-state index < -0.39 is 0 Å². The highest BCUT2D eigenvalue weighted by molar-refractivity contribution is 5.78. The van der Waals surface area contributed by atoms with Crippen LogP contribution in [0.1, 0.15) is 53.0 Å². The molecule has 38 heavy (non-hydrogen) atoms. The van der Waals surface area contributed by atoms with E-state index in [-0.39, 0.29) is 11.9 Å². The lowest BCUT2D eigenvalue weighted by molar-refractivity contribution is -0.104. The fraction of sp³-hybridized carbons (Fsp3) is 0.323. The molecule has 1 aliphatic rings. The van der Waals surface area contributed by atoms with Crippen LogP contribution < -0.4 is 10.2 Å². The van der Waals surface area contributed by atoms with Crippen LogP contribution in [0, 0.1) is 19.7 Å². The maximum atomic E-state index is 14.7. The first kappa shape index (κ1) is 28.7. The average Bonchev–Trinajstić information content (AvgIpc) is 2.91. The Kier molecular flexibility index (Phi) is 9.91. The van der Waals surface area contributed by atoms with Crippen LogP contribution in [0.25, 0.3) is 11.6 Å². The van der Waals surface area contributed by atoms with Crippen molar-refractivity contribution in [3.8, 4) is 0 Å². The van der Waals surface area contributed by atoms with E-state index in [1.54, 1.807) is 19.3 Å². The van der Waals surface area contributed by atoms with E-state index in [2.05, 4.69) is 41.2 Å². The van der Waals surface area contributed by atoms with E-state index >= 15 is 0 Å². The summed E-state index contributed by atoms with van der Waals surface area (Å²) in [6, 6.07) is 5.21. The lowest BCUT2D eigenvalue weighted by Gasteiger charge is -2.33. The number of anilines is 1. The summed E-state index contributed by atoms with van der Waals surface area (Å²) in [7, 11) is 3.74. The summed E-state index contributed by atoms with van der Waals surface area (Å²) in [6.45, 7) is 9.69. The van der Waals surface area contributed by atoms with Crippen molar-refractivity contribution < 1.29 is 14.0 Å². The molecule has 1 aromatic heterocycles. The molecule has 0 saturated carbocycles. The van der Waals surface area contributed by atoms with Gasteiger partial charge in [0.1, 0.15) is 18.4 Å². The molecule has 6 nitrogen and oxygen atoms in total. The topological polar surface area (TPSA) is 65.5 Å². The molecule has 0 bridgehead atoms. The molecule has 1 atom stereocenters. The molecule has 200 valence electrons. The highest BCUT2D eigenvalue weighted by atomic mass is 19.1. The molecule has 2 heterocycles. The number of nitrogens with one attached hydrogen (secondary N) is 1. The number of benzene rings is 1. The Morgan fingerprint density at radius 2 is 2.03 bits per heavy atom. The number of hydrogen-bond donors (Lipinski definition) is 1. The van der Waals surface area contributed by atoms with Gasteiger partial charge >= 0.3 is 0 Å². The van der Waals surface area contributed by atoms with E-state index in [1.807, 2.05) is 44.1 Å². The van der Waals surface area contributed by atoms with Gasteiger partial charge in [0.15, 0.2) is 0 Å². The Morgan fingerprint density at radius 3 is 2.63 bits per heavy atom. The molecule has 3 rings (SSSR count). The molecule has 1 aromatic carbocycles. The number of likely N-dealkylation sites (N-methyl/N-ethyl adjacent to an activating group) is 1. The third-order valence-electron chi connectivity index (χ3n) is 7.15. The standard InChI is InChI=1S/C31H37FN4O2/c1-21(18-28-23(3)34-12-7-30(28)35(6)13-10-27(33-5)11-16-37)24(4)36-14-8-26(9-15-36)31-22(2)17-25(20-38)19-29(31)32/h7-8,10-13,16-20,24,33H,9,14-15H2,1-6H3/b13-10-,21-18+,27-11+. The maximum absolute atomic E-state index is 14.7. The van der Waals surface area contributed by atoms with Crippen molar-refractivity contribution in [3.05, 3.63) is 93.9 Å². The molecular weight excluding hydrogens is 479 g/mol. The third-order valence-corrected chi connectivity index (χ3v) is 7.15. The van der Waals surface area contributed by atoms with Crippen molar-refractivity contribution in [2.45, 2.75) is 40.2 Å². The second kappa shape index (κ2) is 13.1. The number of carbonyl (C=O) groups excluding carboxylic acids is 2. The van der Waals surface area contributed by atoms with Crippen LogP contribution in [0.2, 0.25) is 0 Å². The van der Waals surface area contributed by atoms with Crippen LogP contribution in [0.3, 0.4) is 0 Å². The first-order chi connectivity index (χ1) is 18.2. The summed E-state index contributed by atoms with van der Waals surface area (Å²) in [5.74, 6) is -0.336. The van der Waals surface area contributed by atoms with Gasteiger partial charge in [-0.05, 0) is 69.5 Å². The van der Waals surface area contributed by atoms with Gasteiger partial charge in [-0.2, -0.15) is 0 Å². The SMILES string of the molecule is CNC(/C=C\N(C)c1ccnc(C)c1/C=C(\C)C(C)N1CC=C(c2c(C)cc(C=O)cc2F)CC1)=C/C=O. The fourth-order valence-electron chi connectivity index (χ4n) is 4.76. The van der Waals surface area contributed by atoms with Crippen LogP contribution >= 0.6 is 0 Å².